The van der Waals surface area contributed by atoms with Crippen molar-refractivity contribution in [1.29, 1.82) is 0 Å². The summed E-state index contributed by atoms with van der Waals surface area (Å²) in [7, 11) is 1.53. The van der Waals surface area contributed by atoms with Crippen molar-refractivity contribution in [2.24, 2.45) is 0 Å². The van der Waals surface area contributed by atoms with Gasteiger partial charge in [0, 0.05) is 23.4 Å². The first-order chi connectivity index (χ1) is 14.3. The molecule has 0 fully saturated rings. The first-order valence-electron chi connectivity index (χ1n) is 9.12. The van der Waals surface area contributed by atoms with Crippen molar-refractivity contribution in [2.45, 2.75) is 13.1 Å². The third-order valence-corrected chi connectivity index (χ3v) is 4.51. The van der Waals surface area contributed by atoms with Crippen LogP contribution in [0.3, 0.4) is 0 Å². The maximum absolute atomic E-state index is 13.1. The average Bonchev–Trinajstić information content (AvgIpc) is 2.72. The third kappa shape index (κ3) is 4.92. The lowest BCUT2D eigenvalue weighted by Crippen LogP contribution is -2.09. The highest BCUT2D eigenvalue weighted by atomic mass is 19.4. The van der Waals surface area contributed by atoms with Crippen molar-refractivity contribution in [3.8, 4) is 5.75 Å². The Morgan fingerprint density at radius 3 is 2.67 bits per heavy atom. The van der Waals surface area contributed by atoms with Gasteiger partial charge in [-0.2, -0.15) is 13.2 Å². The van der Waals surface area contributed by atoms with Gasteiger partial charge < -0.3 is 14.8 Å². The van der Waals surface area contributed by atoms with Gasteiger partial charge in [-0.05, 0) is 54.0 Å². The summed E-state index contributed by atoms with van der Waals surface area (Å²) in [6, 6.07) is 10.2. The monoisotopic (exact) mass is 415 g/mol. The van der Waals surface area contributed by atoms with Gasteiger partial charge >= 0.3 is 6.18 Å². The normalized spacial score (nSPS) is 14.0. The Morgan fingerprint density at radius 2 is 1.97 bits per heavy atom. The van der Waals surface area contributed by atoms with Gasteiger partial charge in [0.15, 0.2) is 0 Å². The largest absolute Gasteiger partial charge is 0.497 e. The fourth-order valence-corrected chi connectivity index (χ4v) is 3.09. The van der Waals surface area contributed by atoms with Crippen LogP contribution in [-0.2, 0) is 15.7 Å². The first-order valence-corrected chi connectivity index (χ1v) is 9.12. The highest BCUT2D eigenvalue weighted by Gasteiger charge is 2.32. The summed E-state index contributed by atoms with van der Waals surface area (Å²) in [6.45, 7) is 2.38. The molecule has 0 aliphatic carbocycles. The lowest BCUT2D eigenvalue weighted by atomic mass is 9.97. The number of anilines is 1. The fourth-order valence-electron chi connectivity index (χ4n) is 3.09. The Labute approximate surface area is 172 Å². The second kappa shape index (κ2) is 8.90. The number of halogens is 3. The van der Waals surface area contributed by atoms with Crippen LogP contribution in [0.1, 0.15) is 23.6 Å². The number of amides is 1. The van der Waals surface area contributed by atoms with Crippen molar-refractivity contribution >= 4 is 23.2 Å². The molecule has 0 radical (unpaired) electrons. The summed E-state index contributed by atoms with van der Waals surface area (Å²) in [6.07, 6.45) is 1.33. The lowest BCUT2D eigenvalue weighted by molar-refractivity contribution is -0.137. The molecule has 0 unspecified atom stereocenters. The van der Waals surface area contributed by atoms with Crippen LogP contribution in [0.25, 0.3) is 11.6 Å². The summed E-state index contributed by atoms with van der Waals surface area (Å²) in [5, 5.41) is 2.64. The SMILES string of the molecule is COc1cc(NC(=O)C=Cc2ccccc2C(F)(F)F)ccc1C1=CCOC=C1C. The van der Waals surface area contributed by atoms with Crippen molar-refractivity contribution in [3.05, 3.63) is 83.1 Å². The molecule has 0 aromatic heterocycles. The molecule has 2 aromatic carbocycles. The molecule has 1 aliphatic rings. The van der Waals surface area contributed by atoms with Crippen LogP contribution in [0, 0.1) is 0 Å². The van der Waals surface area contributed by atoms with Gasteiger partial charge in [-0.25, -0.2) is 0 Å². The van der Waals surface area contributed by atoms with Crippen molar-refractivity contribution in [3.63, 3.8) is 0 Å². The number of allylic oxidation sites excluding steroid dienone is 2. The van der Waals surface area contributed by atoms with Gasteiger partial charge in [-0.3, -0.25) is 4.79 Å². The van der Waals surface area contributed by atoms with E-state index in [2.05, 4.69) is 5.32 Å². The van der Waals surface area contributed by atoms with Crippen LogP contribution >= 0.6 is 0 Å². The number of hydrogen-bond donors (Lipinski definition) is 1. The predicted octanol–water partition coefficient (Wildman–Crippen LogP) is 5.68. The Bertz CT molecular complexity index is 1040. The van der Waals surface area contributed by atoms with Crippen molar-refractivity contribution in [2.75, 3.05) is 19.0 Å². The molecule has 0 saturated carbocycles. The summed E-state index contributed by atoms with van der Waals surface area (Å²) in [4.78, 5) is 12.2. The molecule has 0 bridgehead atoms. The average molecular weight is 415 g/mol. The van der Waals surface area contributed by atoms with Gasteiger partial charge in [-0.1, -0.05) is 18.2 Å². The fraction of sp³-hybridized carbons (Fsp3) is 0.174. The minimum atomic E-state index is -4.49. The molecule has 7 heteroatoms. The first kappa shape index (κ1) is 21.2. The molecule has 1 amide bonds. The quantitative estimate of drug-likeness (QED) is 0.639. The Kier molecular flexibility index (Phi) is 6.30. The highest BCUT2D eigenvalue weighted by Crippen LogP contribution is 2.35. The summed E-state index contributed by atoms with van der Waals surface area (Å²) >= 11 is 0. The zero-order chi connectivity index (χ0) is 21.7. The van der Waals surface area contributed by atoms with Gasteiger partial charge in [0.2, 0.25) is 5.91 Å². The second-order valence-corrected chi connectivity index (χ2v) is 6.57. The molecular weight excluding hydrogens is 395 g/mol. The second-order valence-electron chi connectivity index (χ2n) is 6.57. The van der Waals surface area contributed by atoms with E-state index in [-0.39, 0.29) is 5.56 Å². The molecule has 1 heterocycles. The zero-order valence-corrected chi connectivity index (χ0v) is 16.4. The summed E-state index contributed by atoms with van der Waals surface area (Å²) in [5.41, 5.74) is 2.35. The highest BCUT2D eigenvalue weighted by molar-refractivity contribution is 6.02. The number of rotatable bonds is 5. The van der Waals surface area contributed by atoms with Gasteiger partial charge in [0.25, 0.3) is 0 Å². The van der Waals surface area contributed by atoms with E-state index in [0.29, 0.717) is 18.0 Å². The number of methoxy groups -OCH3 is 1. The minimum absolute atomic E-state index is 0.0817. The summed E-state index contributed by atoms with van der Waals surface area (Å²) in [5.74, 6) is 0.00300. The van der Waals surface area contributed by atoms with E-state index in [9.17, 15) is 18.0 Å². The molecule has 1 aliphatic heterocycles. The predicted molar refractivity (Wildman–Crippen MR) is 110 cm³/mol. The number of hydrogen-bond acceptors (Lipinski definition) is 3. The van der Waals surface area contributed by atoms with E-state index in [1.807, 2.05) is 19.1 Å². The molecule has 0 atom stereocenters. The third-order valence-electron chi connectivity index (χ3n) is 4.51. The van der Waals surface area contributed by atoms with Crippen LogP contribution in [0.2, 0.25) is 0 Å². The van der Waals surface area contributed by atoms with Crippen LogP contribution in [0.5, 0.6) is 5.75 Å². The maximum atomic E-state index is 13.1. The standard InChI is InChI=1S/C23H20F3NO3/c1-15-14-30-12-11-18(15)19-9-8-17(13-21(19)29-2)27-22(28)10-7-16-5-3-4-6-20(16)23(24,25)26/h3-11,13-14H,12H2,1-2H3,(H,27,28). The number of carbonyl (C=O) groups is 1. The number of ether oxygens (including phenoxy) is 2. The Balaban J connectivity index is 1.77. The molecular formula is C23H20F3NO3. The van der Waals surface area contributed by atoms with Gasteiger partial charge in [0.1, 0.15) is 12.4 Å². The molecule has 2 aromatic rings. The van der Waals surface area contributed by atoms with E-state index < -0.39 is 17.6 Å². The topological polar surface area (TPSA) is 47.6 Å². The number of alkyl halides is 3. The van der Waals surface area contributed by atoms with E-state index in [1.54, 1.807) is 18.4 Å². The van der Waals surface area contributed by atoms with Crippen LogP contribution in [0.15, 0.2) is 66.5 Å². The maximum Gasteiger partial charge on any atom is 0.416 e. The molecule has 0 saturated heterocycles. The molecule has 156 valence electrons. The number of benzene rings is 2. The number of nitrogens with one attached hydrogen (secondary N) is 1. The van der Waals surface area contributed by atoms with E-state index in [4.69, 9.17) is 9.47 Å². The lowest BCUT2D eigenvalue weighted by Gasteiger charge is -2.17. The zero-order valence-electron chi connectivity index (χ0n) is 16.4. The smallest absolute Gasteiger partial charge is 0.416 e. The van der Waals surface area contributed by atoms with Gasteiger partial charge in [0.05, 0.1) is 18.9 Å². The van der Waals surface area contributed by atoms with Crippen molar-refractivity contribution < 1.29 is 27.4 Å². The molecule has 30 heavy (non-hydrogen) atoms. The Morgan fingerprint density at radius 1 is 1.20 bits per heavy atom. The van der Waals surface area contributed by atoms with Crippen LogP contribution in [0.4, 0.5) is 18.9 Å². The number of carbonyl (C=O) groups excluding carboxylic acids is 1. The van der Waals surface area contributed by atoms with E-state index >= 15 is 0 Å². The van der Waals surface area contributed by atoms with E-state index in [1.165, 1.54) is 25.3 Å². The minimum Gasteiger partial charge on any atom is -0.497 e. The van der Waals surface area contributed by atoms with Crippen molar-refractivity contribution in [1.82, 2.24) is 0 Å². The molecule has 4 nitrogen and oxygen atoms in total. The molecule has 3 rings (SSSR count). The van der Waals surface area contributed by atoms with Crippen LogP contribution < -0.4 is 10.1 Å². The Hall–Kier alpha value is -3.48. The summed E-state index contributed by atoms with van der Waals surface area (Å²) < 4.78 is 49.9. The van der Waals surface area contributed by atoms with Crippen LogP contribution in [-0.4, -0.2) is 19.6 Å². The van der Waals surface area contributed by atoms with Gasteiger partial charge in [-0.15, -0.1) is 0 Å². The molecule has 0 spiro atoms. The molecule has 1 N–H and O–H groups in total. The van der Waals surface area contributed by atoms with E-state index in [0.717, 1.165) is 34.9 Å².